The first-order chi connectivity index (χ1) is 11.1. The number of benzene rings is 1. The Morgan fingerprint density at radius 2 is 2.04 bits per heavy atom. The minimum Gasteiger partial charge on any atom is -0.486 e. The maximum atomic E-state index is 11.4. The first-order valence-corrected chi connectivity index (χ1v) is 8.93. The van der Waals surface area contributed by atoms with Crippen molar-refractivity contribution in [2.45, 2.75) is 61.4 Å². The summed E-state index contributed by atoms with van der Waals surface area (Å²) in [5.41, 5.74) is 1.72. The monoisotopic (exact) mass is 313 g/mol. The van der Waals surface area contributed by atoms with Crippen molar-refractivity contribution in [2.75, 3.05) is 13.7 Å². The molecule has 1 aromatic carbocycles. The Balaban J connectivity index is 1.75. The predicted molar refractivity (Wildman–Crippen MR) is 84.5 cm³/mol. The van der Waals surface area contributed by atoms with Gasteiger partial charge in [0.05, 0.1) is 0 Å². The van der Waals surface area contributed by atoms with Gasteiger partial charge in [-0.15, -0.1) is 0 Å². The number of rotatable bonds is 1. The summed E-state index contributed by atoms with van der Waals surface area (Å²) in [4.78, 5) is 0. The largest absolute Gasteiger partial charge is 0.486 e. The second-order valence-electron chi connectivity index (χ2n) is 8.33. The molecule has 4 bridgehead atoms. The molecule has 1 saturated heterocycles. The van der Waals surface area contributed by atoms with E-state index in [-0.39, 0.29) is 22.7 Å². The zero-order valence-corrected chi connectivity index (χ0v) is 13.5. The summed E-state index contributed by atoms with van der Waals surface area (Å²) in [7, 11) is 1.86. The van der Waals surface area contributed by atoms with E-state index < -0.39 is 5.60 Å². The van der Waals surface area contributed by atoms with Crippen LogP contribution in [0.15, 0.2) is 18.2 Å². The molecule has 2 aliphatic heterocycles. The summed E-state index contributed by atoms with van der Waals surface area (Å²) >= 11 is 0. The molecular formula is C19H23NO3. The van der Waals surface area contributed by atoms with Crippen molar-refractivity contribution in [1.29, 1.82) is 0 Å². The molecule has 0 aromatic heterocycles. The van der Waals surface area contributed by atoms with Gasteiger partial charge in [-0.1, -0.05) is 12.1 Å². The highest BCUT2D eigenvalue weighted by molar-refractivity contribution is 5.58. The van der Waals surface area contributed by atoms with Gasteiger partial charge < -0.3 is 14.6 Å². The van der Waals surface area contributed by atoms with Crippen LogP contribution in [0.1, 0.15) is 43.2 Å². The van der Waals surface area contributed by atoms with Crippen LogP contribution in [0.4, 0.5) is 0 Å². The van der Waals surface area contributed by atoms with Gasteiger partial charge in [-0.3, -0.25) is 5.32 Å². The number of hydrogen-bond acceptors (Lipinski definition) is 4. The molecule has 23 heavy (non-hydrogen) atoms. The Labute approximate surface area is 136 Å². The van der Waals surface area contributed by atoms with E-state index in [0.29, 0.717) is 0 Å². The van der Waals surface area contributed by atoms with Crippen LogP contribution in [-0.2, 0) is 16.6 Å². The summed E-state index contributed by atoms with van der Waals surface area (Å²) in [6, 6.07) is 6.42. The van der Waals surface area contributed by atoms with E-state index in [0.717, 1.165) is 50.8 Å². The van der Waals surface area contributed by atoms with Crippen LogP contribution >= 0.6 is 0 Å². The average molecular weight is 313 g/mol. The number of aliphatic hydroxyl groups is 1. The fourth-order valence-electron chi connectivity index (χ4n) is 7.29. The first-order valence-electron chi connectivity index (χ1n) is 8.93. The molecule has 4 fully saturated rings. The normalized spacial score (nSPS) is 51.3. The predicted octanol–water partition coefficient (Wildman–Crippen LogP) is 1.88. The molecule has 3 saturated carbocycles. The Kier molecular flexibility index (Phi) is 2.07. The number of fused-ring (bicyclic) bond motifs is 2. The Hall–Kier alpha value is -1.10. The molecule has 3 unspecified atom stereocenters. The molecule has 0 amide bonds. The quantitative estimate of drug-likeness (QED) is 0.831. The third-order valence-corrected chi connectivity index (χ3v) is 8.05. The molecule has 2 heterocycles. The molecule has 4 aliphatic carbocycles. The summed E-state index contributed by atoms with van der Waals surface area (Å²) in [6.45, 7) is 0.930. The lowest BCUT2D eigenvalue weighted by molar-refractivity contribution is -0.293. The maximum absolute atomic E-state index is 11.4. The Bertz CT molecular complexity index is 723. The first kappa shape index (κ1) is 13.2. The van der Waals surface area contributed by atoms with E-state index in [2.05, 4.69) is 23.5 Å². The number of hydrogen-bond donors (Lipinski definition) is 2. The van der Waals surface area contributed by atoms with E-state index in [9.17, 15) is 5.11 Å². The van der Waals surface area contributed by atoms with Crippen molar-refractivity contribution >= 4 is 0 Å². The molecule has 3 atom stereocenters. The highest BCUT2D eigenvalue weighted by Crippen LogP contribution is 2.75. The van der Waals surface area contributed by atoms with E-state index in [1.54, 1.807) is 0 Å². The molecule has 6 aliphatic rings. The smallest absolute Gasteiger partial charge is 0.138 e. The van der Waals surface area contributed by atoms with Gasteiger partial charge in [-0.2, -0.15) is 0 Å². The molecule has 0 radical (unpaired) electrons. The molecule has 7 rings (SSSR count). The van der Waals surface area contributed by atoms with E-state index in [1.807, 2.05) is 7.11 Å². The molecule has 1 aromatic rings. The number of nitrogens with one attached hydrogen (secondary N) is 1. The minimum atomic E-state index is -0.674. The van der Waals surface area contributed by atoms with Crippen molar-refractivity contribution in [2.24, 2.45) is 5.41 Å². The topological polar surface area (TPSA) is 50.7 Å². The van der Waals surface area contributed by atoms with E-state index >= 15 is 0 Å². The maximum Gasteiger partial charge on any atom is 0.138 e. The van der Waals surface area contributed by atoms with Crippen molar-refractivity contribution in [3.63, 3.8) is 0 Å². The molecule has 2 spiro atoms. The second kappa shape index (κ2) is 3.61. The highest BCUT2D eigenvalue weighted by atomic mass is 16.5. The summed E-state index contributed by atoms with van der Waals surface area (Å²) in [5.74, 6) is 1.02. The Morgan fingerprint density at radius 1 is 1.22 bits per heavy atom. The van der Waals surface area contributed by atoms with Crippen LogP contribution < -0.4 is 10.1 Å². The van der Waals surface area contributed by atoms with Gasteiger partial charge in [0.15, 0.2) is 0 Å². The van der Waals surface area contributed by atoms with E-state index in [1.165, 1.54) is 11.1 Å². The van der Waals surface area contributed by atoms with Crippen molar-refractivity contribution in [1.82, 2.24) is 5.32 Å². The zero-order chi connectivity index (χ0) is 15.5. The van der Waals surface area contributed by atoms with Crippen LogP contribution in [0, 0.1) is 5.41 Å². The summed E-state index contributed by atoms with van der Waals surface area (Å²) < 4.78 is 12.7. The molecular weight excluding hydrogens is 290 g/mol. The minimum absolute atomic E-state index is 0.0434. The summed E-state index contributed by atoms with van der Waals surface area (Å²) in [5, 5.41) is 15.1. The van der Waals surface area contributed by atoms with Crippen LogP contribution in [0.2, 0.25) is 0 Å². The average Bonchev–Trinajstić information content (AvgIpc) is 2.91. The Morgan fingerprint density at radius 3 is 2.83 bits per heavy atom. The van der Waals surface area contributed by atoms with Gasteiger partial charge in [0, 0.05) is 29.9 Å². The van der Waals surface area contributed by atoms with Crippen molar-refractivity contribution in [3.8, 4) is 5.75 Å². The van der Waals surface area contributed by atoms with Gasteiger partial charge in [-0.05, 0) is 50.3 Å². The van der Waals surface area contributed by atoms with Crippen LogP contribution in [0.25, 0.3) is 0 Å². The van der Waals surface area contributed by atoms with Gasteiger partial charge in [0.25, 0.3) is 0 Å². The lowest BCUT2D eigenvalue weighted by Crippen LogP contribution is -2.83. The van der Waals surface area contributed by atoms with Gasteiger partial charge in [0.1, 0.15) is 23.2 Å². The van der Waals surface area contributed by atoms with E-state index in [4.69, 9.17) is 9.47 Å². The van der Waals surface area contributed by atoms with Gasteiger partial charge >= 0.3 is 0 Å². The number of ether oxygens (including phenoxy) is 2. The lowest BCUT2D eigenvalue weighted by atomic mass is 9.36. The van der Waals surface area contributed by atoms with Gasteiger partial charge in [-0.25, -0.2) is 0 Å². The fourth-order valence-corrected chi connectivity index (χ4v) is 7.29. The van der Waals surface area contributed by atoms with Gasteiger partial charge in [0.2, 0.25) is 0 Å². The number of methoxy groups -OCH3 is 1. The van der Waals surface area contributed by atoms with Crippen molar-refractivity contribution in [3.05, 3.63) is 29.3 Å². The van der Waals surface area contributed by atoms with Crippen LogP contribution in [0.3, 0.4) is 0 Å². The number of piperidine rings is 1. The lowest BCUT2D eigenvalue weighted by Gasteiger charge is -2.73. The molecule has 122 valence electrons. The zero-order valence-electron chi connectivity index (χ0n) is 13.5. The SMILES string of the molecule is COC12Cc3cccc4c3C3(CCN1)C(O4)C1(O)CCC23CC1. The molecule has 4 nitrogen and oxygen atoms in total. The third-order valence-electron chi connectivity index (χ3n) is 8.05. The van der Waals surface area contributed by atoms with Crippen LogP contribution in [0.5, 0.6) is 5.75 Å². The molecule has 4 heteroatoms. The molecule has 2 N–H and O–H groups in total. The fraction of sp³-hybridized carbons (Fsp3) is 0.684. The highest BCUT2D eigenvalue weighted by Gasteiger charge is 2.80. The second-order valence-corrected chi connectivity index (χ2v) is 8.33. The van der Waals surface area contributed by atoms with Crippen molar-refractivity contribution < 1.29 is 14.6 Å². The third kappa shape index (κ3) is 1.09. The standard InChI is InChI=1S/C19H23NO3/c1-22-19-11-12-3-2-4-13-14(12)18(9-10-20-19)15(23-13)16(21)5-7-17(18,19)8-6-16/h2-4,15,20-21H,5-11H2,1H3. The van der Waals surface area contributed by atoms with Crippen LogP contribution in [-0.4, -0.2) is 36.2 Å². The summed E-state index contributed by atoms with van der Waals surface area (Å²) in [6.07, 6.45) is 5.55.